The van der Waals surface area contributed by atoms with Crippen LogP contribution in [0.15, 0.2) is 84.2 Å². The monoisotopic (exact) mass is 319 g/mol. The van der Waals surface area contributed by atoms with Crippen LogP contribution in [0.5, 0.6) is 0 Å². The summed E-state index contributed by atoms with van der Waals surface area (Å²) in [5.74, 6) is -0.797. The van der Waals surface area contributed by atoms with Crippen LogP contribution in [0.3, 0.4) is 0 Å². The fraction of sp³-hybridized carbons (Fsp3) is 0. The molecule has 5 heteroatoms. The lowest BCUT2D eigenvalue weighted by atomic mass is 10.0. The zero-order valence-corrected chi connectivity index (χ0v) is 12.7. The molecule has 0 aliphatic carbocycles. The van der Waals surface area contributed by atoms with Crippen molar-refractivity contribution < 1.29 is 9.18 Å². The average molecular weight is 319 g/mol. The van der Waals surface area contributed by atoms with Gasteiger partial charge in [0.2, 0.25) is 0 Å². The van der Waals surface area contributed by atoms with Crippen molar-refractivity contribution in [3.05, 3.63) is 102 Å². The molecule has 0 saturated carbocycles. The van der Waals surface area contributed by atoms with Gasteiger partial charge in [-0.3, -0.25) is 9.78 Å². The Balaban J connectivity index is 1.90. The highest BCUT2D eigenvalue weighted by atomic mass is 19.1. The number of carbonyl (C=O) groups excluding carboxylic acids is 1. The summed E-state index contributed by atoms with van der Waals surface area (Å²) in [6.45, 7) is 0. The van der Waals surface area contributed by atoms with Crippen LogP contribution in [-0.2, 0) is 0 Å². The van der Waals surface area contributed by atoms with Crippen molar-refractivity contribution >= 4 is 11.6 Å². The summed E-state index contributed by atoms with van der Waals surface area (Å²) in [7, 11) is 0. The summed E-state index contributed by atoms with van der Waals surface area (Å²) in [4.78, 5) is 16.2. The third-order valence-electron chi connectivity index (χ3n) is 3.38. The number of pyridine rings is 1. The van der Waals surface area contributed by atoms with Crippen molar-refractivity contribution in [3.63, 3.8) is 0 Å². The highest BCUT2D eigenvalue weighted by Gasteiger charge is 2.09. The highest BCUT2D eigenvalue weighted by molar-refractivity contribution is 6.13. The predicted molar refractivity (Wildman–Crippen MR) is 90.2 cm³/mol. The lowest BCUT2D eigenvalue weighted by Crippen LogP contribution is -2.20. The topological polar surface area (TPSA) is 54.4 Å². The first-order valence-electron chi connectivity index (χ1n) is 7.33. The lowest BCUT2D eigenvalue weighted by molar-refractivity contribution is 0.0955. The molecular formula is C19H14FN3O. The molecule has 2 aromatic carbocycles. The lowest BCUT2D eigenvalue weighted by Gasteiger charge is -2.08. The molecule has 1 N–H and O–H groups in total. The van der Waals surface area contributed by atoms with Gasteiger partial charge >= 0.3 is 0 Å². The number of amides is 1. The third-order valence-corrected chi connectivity index (χ3v) is 3.38. The molecule has 0 radical (unpaired) electrons. The fourth-order valence-corrected chi connectivity index (χ4v) is 2.17. The first kappa shape index (κ1) is 15.6. The van der Waals surface area contributed by atoms with E-state index in [2.05, 4.69) is 15.5 Å². The van der Waals surface area contributed by atoms with Gasteiger partial charge in [0.1, 0.15) is 5.82 Å². The molecule has 0 unspecified atom stereocenters. The fourth-order valence-electron chi connectivity index (χ4n) is 2.17. The second-order valence-electron chi connectivity index (χ2n) is 5.01. The third kappa shape index (κ3) is 3.70. The Kier molecular flexibility index (Phi) is 4.72. The van der Waals surface area contributed by atoms with Gasteiger partial charge in [0.05, 0.1) is 5.71 Å². The molecule has 1 amide bonds. The van der Waals surface area contributed by atoms with Crippen molar-refractivity contribution in [2.75, 3.05) is 0 Å². The molecule has 0 aliphatic heterocycles. The Labute approximate surface area is 138 Å². The van der Waals surface area contributed by atoms with Crippen LogP contribution in [0, 0.1) is 5.82 Å². The minimum atomic E-state index is -0.405. The molecule has 3 rings (SSSR count). The predicted octanol–water partition coefficient (Wildman–Crippen LogP) is 3.40. The van der Waals surface area contributed by atoms with Crippen LogP contribution >= 0.6 is 0 Å². The van der Waals surface area contributed by atoms with Crippen LogP contribution in [-0.4, -0.2) is 16.6 Å². The van der Waals surface area contributed by atoms with Crippen LogP contribution < -0.4 is 5.43 Å². The number of carbonyl (C=O) groups is 1. The van der Waals surface area contributed by atoms with Gasteiger partial charge in [-0.2, -0.15) is 5.10 Å². The van der Waals surface area contributed by atoms with Crippen molar-refractivity contribution in [2.45, 2.75) is 0 Å². The van der Waals surface area contributed by atoms with E-state index in [0.717, 1.165) is 11.1 Å². The summed E-state index contributed by atoms with van der Waals surface area (Å²) < 4.78 is 12.9. The molecule has 24 heavy (non-hydrogen) atoms. The van der Waals surface area contributed by atoms with Gasteiger partial charge in [0, 0.05) is 29.1 Å². The molecule has 0 atom stereocenters. The molecule has 1 aromatic heterocycles. The Bertz CT molecular complexity index is 805. The van der Waals surface area contributed by atoms with Gasteiger partial charge in [-0.1, -0.05) is 30.3 Å². The minimum Gasteiger partial charge on any atom is -0.267 e. The molecule has 0 fully saturated rings. The van der Waals surface area contributed by atoms with E-state index in [1.807, 2.05) is 42.5 Å². The van der Waals surface area contributed by atoms with E-state index in [4.69, 9.17) is 0 Å². The van der Waals surface area contributed by atoms with Gasteiger partial charge < -0.3 is 0 Å². The summed E-state index contributed by atoms with van der Waals surface area (Å²) in [6.07, 6.45) is 3.32. The smallest absolute Gasteiger partial charge is 0.267 e. The maximum Gasteiger partial charge on any atom is 0.271 e. The number of nitrogens with one attached hydrogen (secondary N) is 1. The molecule has 0 spiro atoms. The average Bonchev–Trinajstić information content (AvgIpc) is 2.64. The van der Waals surface area contributed by atoms with E-state index in [1.54, 1.807) is 12.4 Å². The Morgan fingerprint density at radius 2 is 1.46 bits per heavy atom. The number of hydrogen-bond acceptors (Lipinski definition) is 3. The molecule has 0 aliphatic rings. The zero-order chi connectivity index (χ0) is 16.8. The van der Waals surface area contributed by atoms with Crippen LogP contribution in [0.2, 0.25) is 0 Å². The molecule has 3 aromatic rings. The van der Waals surface area contributed by atoms with Crippen LogP contribution in [0.25, 0.3) is 0 Å². The first-order chi connectivity index (χ1) is 11.7. The number of rotatable bonds is 4. The van der Waals surface area contributed by atoms with Gasteiger partial charge in [-0.15, -0.1) is 0 Å². The first-order valence-corrected chi connectivity index (χ1v) is 7.33. The van der Waals surface area contributed by atoms with E-state index in [9.17, 15) is 9.18 Å². The molecule has 118 valence electrons. The standard InChI is InChI=1S/C19H14FN3O/c20-17-8-6-16(7-9-17)19(24)23-22-18(14-4-2-1-3-5-14)15-10-12-21-13-11-15/h1-13H,(H,23,24). The van der Waals surface area contributed by atoms with Crippen LogP contribution in [0.4, 0.5) is 4.39 Å². The maximum absolute atomic E-state index is 12.9. The number of aromatic nitrogens is 1. The molecule has 1 heterocycles. The van der Waals surface area contributed by atoms with E-state index in [0.29, 0.717) is 11.3 Å². The number of halogens is 1. The number of hydrogen-bond donors (Lipinski definition) is 1. The van der Waals surface area contributed by atoms with E-state index in [1.165, 1.54) is 24.3 Å². The van der Waals surface area contributed by atoms with Gasteiger partial charge in [-0.05, 0) is 36.4 Å². The van der Waals surface area contributed by atoms with E-state index >= 15 is 0 Å². The SMILES string of the molecule is O=C(NN=C(c1ccccc1)c1ccncc1)c1ccc(F)cc1. The largest absolute Gasteiger partial charge is 0.271 e. The Morgan fingerprint density at radius 3 is 2.12 bits per heavy atom. The highest BCUT2D eigenvalue weighted by Crippen LogP contribution is 2.10. The van der Waals surface area contributed by atoms with Crippen molar-refractivity contribution in [1.82, 2.24) is 10.4 Å². The second-order valence-corrected chi connectivity index (χ2v) is 5.01. The van der Waals surface area contributed by atoms with Crippen molar-refractivity contribution in [2.24, 2.45) is 5.10 Å². The minimum absolute atomic E-state index is 0.335. The molecule has 4 nitrogen and oxygen atoms in total. The second kappa shape index (κ2) is 7.28. The number of hydrazone groups is 1. The van der Waals surface area contributed by atoms with Crippen molar-refractivity contribution in [3.8, 4) is 0 Å². The summed E-state index contributed by atoms with van der Waals surface area (Å²) in [5, 5.41) is 4.26. The quantitative estimate of drug-likeness (QED) is 0.592. The van der Waals surface area contributed by atoms with E-state index < -0.39 is 11.7 Å². The van der Waals surface area contributed by atoms with Gasteiger partial charge in [0.15, 0.2) is 0 Å². The Hall–Kier alpha value is -3.34. The van der Waals surface area contributed by atoms with Crippen LogP contribution in [0.1, 0.15) is 21.5 Å². The molecule has 0 saturated heterocycles. The molecule has 0 bridgehead atoms. The van der Waals surface area contributed by atoms with Gasteiger partial charge in [0.25, 0.3) is 5.91 Å². The summed E-state index contributed by atoms with van der Waals surface area (Å²) in [5.41, 5.74) is 5.17. The summed E-state index contributed by atoms with van der Waals surface area (Å²) >= 11 is 0. The Morgan fingerprint density at radius 1 is 0.833 bits per heavy atom. The van der Waals surface area contributed by atoms with E-state index in [-0.39, 0.29) is 0 Å². The van der Waals surface area contributed by atoms with Gasteiger partial charge in [-0.25, -0.2) is 9.82 Å². The zero-order valence-electron chi connectivity index (χ0n) is 12.7. The normalized spacial score (nSPS) is 11.1. The van der Waals surface area contributed by atoms with Crippen molar-refractivity contribution in [1.29, 1.82) is 0 Å². The number of nitrogens with zero attached hydrogens (tertiary/aromatic N) is 2. The summed E-state index contributed by atoms with van der Waals surface area (Å²) in [6, 6.07) is 18.4. The number of benzene rings is 2. The molecular weight excluding hydrogens is 305 g/mol. The maximum atomic E-state index is 12.9.